The first kappa shape index (κ1) is 27.5. The molecule has 38 heavy (non-hydrogen) atoms. The number of amides is 2. The molecule has 9 heteroatoms. The van der Waals surface area contributed by atoms with Gasteiger partial charge in [-0.2, -0.15) is 5.10 Å². The lowest BCUT2D eigenvalue weighted by Crippen LogP contribution is -2.34. The Bertz CT molecular complexity index is 1290. The van der Waals surface area contributed by atoms with Gasteiger partial charge in [-0.1, -0.05) is 40.2 Å². The average molecular weight is 579 g/mol. The van der Waals surface area contributed by atoms with Gasteiger partial charge in [0, 0.05) is 23.2 Å². The maximum atomic E-state index is 13.0. The van der Waals surface area contributed by atoms with Crippen molar-refractivity contribution in [3.63, 3.8) is 0 Å². The summed E-state index contributed by atoms with van der Waals surface area (Å²) in [5.41, 5.74) is 5.57. The Kier molecular flexibility index (Phi) is 9.64. The largest absolute Gasteiger partial charge is 0.497 e. The van der Waals surface area contributed by atoms with Crippen molar-refractivity contribution in [3.8, 4) is 5.75 Å². The molecule has 0 saturated carbocycles. The van der Waals surface area contributed by atoms with E-state index in [2.05, 4.69) is 36.7 Å². The molecule has 3 aromatic rings. The highest BCUT2D eigenvalue weighted by Crippen LogP contribution is 2.23. The second-order valence-corrected chi connectivity index (χ2v) is 10.1. The van der Waals surface area contributed by atoms with Crippen LogP contribution in [0.1, 0.15) is 44.7 Å². The fourth-order valence-corrected chi connectivity index (χ4v) is 4.66. The van der Waals surface area contributed by atoms with Gasteiger partial charge in [0.15, 0.2) is 0 Å². The molecule has 1 heterocycles. The number of piperidine rings is 1. The highest BCUT2D eigenvalue weighted by atomic mass is 79.9. The molecule has 1 aliphatic rings. The number of nitrogens with one attached hydrogen (secondary N) is 2. The summed E-state index contributed by atoms with van der Waals surface area (Å²) in [6.07, 6.45) is 3.53. The number of halogens is 1. The maximum Gasteiger partial charge on any atom is 0.273 e. The van der Waals surface area contributed by atoms with E-state index in [1.165, 1.54) is 6.21 Å². The van der Waals surface area contributed by atoms with Crippen LogP contribution in [0.4, 0.5) is 5.69 Å². The summed E-state index contributed by atoms with van der Waals surface area (Å²) in [6.45, 7) is 3.00. The highest BCUT2D eigenvalue weighted by Gasteiger charge is 2.19. The van der Waals surface area contributed by atoms with E-state index in [0.29, 0.717) is 27.4 Å². The minimum Gasteiger partial charge on any atom is -0.497 e. The Morgan fingerprint density at radius 3 is 2.55 bits per heavy atom. The van der Waals surface area contributed by atoms with E-state index < -0.39 is 5.91 Å². The quantitative estimate of drug-likeness (QED) is 0.253. The number of hydrogen-bond donors (Lipinski definition) is 3. The van der Waals surface area contributed by atoms with Gasteiger partial charge in [0.25, 0.3) is 11.8 Å². The van der Waals surface area contributed by atoms with Crippen LogP contribution in [0.25, 0.3) is 0 Å². The molecule has 0 aromatic heterocycles. The Morgan fingerprint density at radius 1 is 1.08 bits per heavy atom. The van der Waals surface area contributed by atoms with Gasteiger partial charge in [-0.3, -0.25) is 14.5 Å². The molecule has 198 valence electrons. The van der Waals surface area contributed by atoms with Crippen molar-refractivity contribution in [1.82, 2.24) is 10.3 Å². The Labute approximate surface area is 230 Å². The van der Waals surface area contributed by atoms with Gasteiger partial charge in [-0.05, 0) is 85.4 Å². The third kappa shape index (κ3) is 7.50. The highest BCUT2D eigenvalue weighted by molar-refractivity contribution is 9.10. The summed E-state index contributed by atoms with van der Waals surface area (Å²) in [4.78, 5) is 28.2. The minimum absolute atomic E-state index is 0.260. The number of carbonyl (C=O) groups excluding carboxylic acids is 2. The van der Waals surface area contributed by atoms with Crippen LogP contribution in [-0.4, -0.2) is 54.8 Å². The van der Waals surface area contributed by atoms with Crippen molar-refractivity contribution in [2.24, 2.45) is 11.0 Å². The molecular weight excluding hydrogens is 548 g/mol. The lowest BCUT2D eigenvalue weighted by molar-refractivity contribution is 0.0956. The molecule has 1 saturated heterocycles. The van der Waals surface area contributed by atoms with Crippen LogP contribution in [-0.2, 0) is 6.54 Å². The SMILES string of the molecule is COc1cccc(C=NNC(=O)c2cc(Br)ccc2NC(=O)c2ccc(CN3CCC(CO)CC3)cc2)c1. The first-order chi connectivity index (χ1) is 18.4. The van der Waals surface area contributed by atoms with Crippen molar-refractivity contribution in [2.45, 2.75) is 19.4 Å². The first-order valence-electron chi connectivity index (χ1n) is 12.5. The zero-order valence-corrected chi connectivity index (χ0v) is 22.8. The number of rotatable bonds is 9. The predicted octanol–water partition coefficient (Wildman–Crippen LogP) is 4.68. The number of carbonyl (C=O) groups is 2. The van der Waals surface area contributed by atoms with Crippen LogP contribution in [0.5, 0.6) is 5.75 Å². The number of aliphatic hydroxyl groups excluding tert-OH is 1. The van der Waals surface area contributed by atoms with Gasteiger partial charge in [-0.15, -0.1) is 0 Å². The number of likely N-dealkylation sites (tertiary alicyclic amines) is 1. The predicted molar refractivity (Wildman–Crippen MR) is 152 cm³/mol. The van der Waals surface area contributed by atoms with E-state index in [0.717, 1.165) is 43.6 Å². The number of hydrazone groups is 1. The van der Waals surface area contributed by atoms with Gasteiger partial charge < -0.3 is 15.2 Å². The number of ether oxygens (including phenoxy) is 1. The molecule has 0 bridgehead atoms. The summed E-state index contributed by atoms with van der Waals surface area (Å²) in [5.74, 6) is 0.327. The molecular formula is C29H31BrN4O4. The summed E-state index contributed by atoms with van der Waals surface area (Å²) in [6, 6.07) is 19.9. The normalized spacial score (nSPS) is 14.4. The van der Waals surface area contributed by atoms with Gasteiger partial charge >= 0.3 is 0 Å². The molecule has 2 amide bonds. The molecule has 3 aromatic carbocycles. The summed E-state index contributed by atoms with van der Waals surface area (Å²) in [7, 11) is 1.58. The minimum atomic E-state index is -0.457. The van der Waals surface area contributed by atoms with Crippen LogP contribution < -0.4 is 15.5 Å². The van der Waals surface area contributed by atoms with Gasteiger partial charge in [0.2, 0.25) is 0 Å². The molecule has 4 rings (SSSR count). The maximum absolute atomic E-state index is 13.0. The zero-order chi connectivity index (χ0) is 26.9. The van der Waals surface area contributed by atoms with Crippen molar-refractivity contribution >= 4 is 39.6 Å². The Hall–Kier alpha value is -3.53. The molecule has 3 N–H and O–H groups in total. The van der Waals surface area contributed by atoms with Crippen molar-refractivity contribution < 1.29 is 19.4 Å². The number of benzene rings is 3. The van der Waals surface area contributed by atoms with Crippen LogP contribution in [0, 0.1) is 5.92 Å². The number of hydrogen-bond acceptors (Lipinski definition) is 6. The van der Waals surface area contributed by atoms with E-state index in [4.69, 9.17) is 4.74 Å². The Balaban J connectivity index is 1.38. The number of anilines is 1. The molecule has 8 nitrogen and oxygen atoms in total. The third-order valence-electron chi connectivity index (χ3n) is 6.54. The van der Waals surface area contributed by atoms with Crippen molar-refractivity contribution in [2.75, 3.05) is 32.1 Å². The third-order valence-corrected chi connectivity index (χ3v) is 7.03. The van der Waals surface area contributed by atoms with E-state index in [9.17, 15) is 14.7 Å². The van der Waals surface area contributed by atoms with Gasteiger partial charge in [0.1, 0.15) is 5.75 Å². The zero-order valence-electron chi connectivity index (χ0n) is 21.2. The number of methoxy groups -OCH3 is 1. The van der Waals surface area contributed by atoms with Crippen LogP contribution >= 0.6 is 15.9 Å². The van der Waals surface area contributed by atoms with Crippen LogP contribution in [0.3, 0.4) is 0 Å². The van der Waals surface area contributed by atoms with E-state index >= 15 is 0 Å². The first-order valence-corrected chi connectivity index (χ1v) is 13.2. The molecule has 0 aliphatic carbocycles. The molecule has 0 spiro atoms. The molecule has 0 unspecified atom stereocenters. The topological polar surface area (TPSA) is 103 Å². The summed E-state index contributed by atoms with van der Waals surface area (Å²) < 4.78 is 5.90. The number of aliphatic hydroxyl groups is 1. The smallest absolute Gasteiger partial charge is 0.273 e. The Morgan fingerprint density at radius 2 is 1.84 bits per heavy atom. The second-order valence-electron chi connectivity index (χ2n) is 9.22. The fourth-order valence-electron chi connectivity index (χ4n) is 4.30. The van der Waals surface area contributed by atoms with E-state index in [-0.39, 0.29) is 18.1 Å². The summed E-state index contributed by atoms with van der Waals surface area (Å²) in [5, 5.41) is 16.2. The molecule has 0 radical (unpaired) electrons. The molecule has 1 aliphatic heterocycles. The lowest BCUT2D eigenvalue weighted by atomic mass is 9.97. The second kappa shape index (κ2) is 13.3. The van der Waals surface area contributed by atoms with Crippen molar-refractivity contribution in [1.29, 1.82) is 0 Å². The molecule has 0 atom stereocenters. The van der Waals surface area contributed by atoms with Gasteiger partial charge in [-0.25, -0.2) is 5.43 Å². The average Bonchev–Trinajstić information content (AvgIpc) is 2.94. The van der Waals surface area contributed by atoms with Crippen LogP contribution in [0.2, 0.25) is 0 Å². The lowest BCUT2D eigenvalue weighted by Gasteiger charge is -2.31. The number of nitrogens with zero attached hydrogens (tertiary/aromatic N) is 2. The molecule has 1 fully saturated rings. The van der Waals surface area contributed by atoms with Gasteiger partial charge in [0.05, 0.1) is 24.6 Å². The van der Waals surface area contributed by atoms with Crippen LogP contribution in [0.15, 0.2) is 76.3 Å². The standard InChI is InChI=1S/C29H31BrN4O4/c1-38-25-4-2-3-22(15-25)17-31-33-29(37)26-16-24(30)9-10-27(26)32-28(36)23-7-5-20(6-8-23)18-34-13-11-21(19-35)12-14-34/h2-10,15-17,21,35H,11-14,18-19H2,1H3,(H,32,36)(H,33,37). The summed E-state index contributed by atoms with van der Waals surface area (Å²) >= 11 is 3.39. The van der Waals surface area contributed by atoms with Crippen molar-refractivity contribution in [3.05, 3.63) is 93.5 Å². The fraction of sp³-hybridized carbons (Fsp3) is 0.276. The monoisotopic (exact) mass is 578 g/mol. The van der Waals surface area contributed by atoms with E-state index in [1.54, 1.807) is 43.5 Å². The van der Waals surface area contributed by atoms with E-state index in [1.807, 2.05) is 30.3 Å².